The number of aliphatic hydroxyl groups is 1. The first-order chi connectivity index (χ1) is 8.51. The summed E-state index contributed by atoms with van der Waals surface area (Å²) in [5.74, 6) is -2.11. The Balaban J connectivity index is 3.12. The summed E-state index contributed by atoms with van der Waals surface area (Å²) in [4.78, 5) is 1.86. The second-order valence-electron chi connectivity index (χ2n) is 4.04. The highest BCUT2D eigenvalue weighted by Gasteiger charge is 2.18. The molecule has 5 heteroatoms. The monoisotopic (exact) mass is 259 g/mol. The van der Waals surface area contributed by atoms with Crippen LogP contribution in [-0.2, 0) is 0 Å². The van der Waals surface area contributed by atoms with Crippen LogP contribution in [-0.4, -0.2) is 30.9 Å². The molecular weight excluding hydrogens is 240 g/mol. The first-order valence-electron chi connectivity index (χ1n) is 6.05. The second-order valence-corrected chi connectivity index (χ2v) is 4.04. The summed E-state index contributed by atoms with van der Waals surface area (Å²) in [5.41, 5.74) is 0.500. The van der Waals surface area contributed by atoms with E-state index in [4.69, 9.17) is 9.84 Å². The fraction of sp³-hybridized carbons (Fsp3) is 0.538. The van der Waals surface area contributed by atoms with Crippen molar-refractivity contribution >= 4 is 5.69 Å². The second kappa shape index (κ2) is 6.54. The highest BCUT2D eigenvalue weighted by Crippen LogP contribution is 2.32. The summed E-state index contributed by atoms with van der Waals surface area (Å²) in [6.07, 6.45) is -0.739. The largest absolute Gasteiger partial charge is 0.486 e. The minimum Gasteiger partial charge on any atom is -0.486 e. The van der Waals surface area contributed by atoms with E-state index in [0.717, 1.165) is 6.07 Å². The van der Waals surface area contributed by atoms with E-state index >= 15 is 0 Å². The van der Waals surface area contributed by atoms with Crippen LogP contribution in [0.5, 0.6) is 5.75 Å². The third kappa shape index (κ3) is 3.32. The van der Waals surface area contributed by atoms with Gasteiger partial charge in [0.05, 0.1) is 11.8 Å². The van der Waals surface area contributed by atoms with Crippen molar-refractivity contribution in [2.45, 2.75) is 26.9 Å². The number of anilines is 1. The molecule has 0 saturated heterocycles. The number of benzene rings is 1. The summed E-state index contributed by atoms with van der Waals surface area (Å²) in [6, 6.07) is 2.57. The molecule has 1 rings (SSSR count). The van der Waals surface area contributed by atoms with Gasteiger partial charge in [-0.2, -0.15) is 4.39 Å². The lowest BCUT2D eigenvalue weighted by atomic mass is 10.2. The molecule has 3 nitrogen and oxygen atoms in total. The molecule has 1 aromatic rings. The maximum absolute atomic E-state index is 13.7. The molecule has 0 aliphatic heterocycles. The van der Waals surface area contributed by atoms with Gasteiger partial charge >= 0.3 is 0 Å². The number of rotatable bonds is 6. The molecule has 1 N–H and O–H groups in total. The lowest BCUT2D eigenvalue weighted by Crippen LogP contribution is -2.24. The van der Waals surface area contributed by atoms with Crippen LogP contribution in [0.3, 0.4) is 0 Å². The SMILES string of the molecule is CCN(CC)c1ccc(F)c(F)c1OCC(C)O. The molecule has 0 aliphatic carbocycles. The predicted molar refractivity (Wildman–Crippen MR) is 67.1 cm³/mol. The molecule has 0 heterocycles. The summed E-state index contributed by atoms with van der Waals surface area (Å²) in [6.45, 7) is 6.61. The predicted octanol–water partition coefficient (Wildman–Crippen LogP) is 2.57. The quantitative estimate of drug-likeness (QED) is 0.852. The van der Waals surface area contributed by atoms with Crippen LogP contribution in [0.4, 0.5) is 14.5 Å². The molecule has 0 spiro atoms. The number of nitrogens with zero attached hydrogens (tertiary/aromatic N) is 1. The Bertz CT molecular complexity index is 393. The van der Waals surface area contributed by atoms with Crippen molar-refractivity contribution in [1.29, 1.82) is 0 Å². The molecule has 0 aromatic heterocycles. The van der Waals surface area contributed by atoms with Crippen molar-refractivity contribution in [3.8, 4) is 5.75 Å². The van der Waals surface area contributed by atoms with E-state index in [9.17, 15) is 8.78 Å². The van der Waals surface area contributed by atoms with Gasteiger partial charge in [0, 0.05) is 13.1 Å². The van der Waals surface area contributed by atoms with Crippen molar-refractivity contribution in [3.63, 3.8) is 0 Å². The molecule has 0 amide bonds. The van der Waals surface area contributed by atoms with E-state index in [1.54, 1.807) is 0 Å². The van der Waals surface area contributed by atoms with Crippen LogP contribution in [0.2, 0.25) is 0 Å². The van der Waals surface area contributed by atoms with E-state index in [2.05, 4.69) is 0 Å². The smallest absolute Gasteiger partial charge is 0.202 e. The van der Waals surface area contributed by atoms with Gasteiger partial charge in [0.1, 0.15) is 6.61 Å². The van der Waals surface area contributed by atoms with E-state index in [0.29, 0.717) is 18.8 Å². The molecule has 1 atom stereocenters. The maximum atomic E-state index is 13.7. The van der Waals surface area contributed by atoms with Crippen LogP contribution in [0.1, 0.15) is 20.8 Å². The van der Waals surface area contributed by atoms with Gasteiger partial charge in [-0.15, -0.1) is 0 Å². The zero-order valence-electron chi connectivity index (χ0n) is 10.9. The topological polar surface area (TPSA) is 32.7 Å². The highest BCUT2D eigenvalue weighted by atomic mass is 19.2. The Morgan fingerprint density at radius 3 is 2.39 bits per heavy atom. The van der Waals surface area contributed by atoms with Crippen molar-refractivity contribution in [2.75, 3.05) is 24.6 Å². The molecule has 1 unspecified atom stereocenters. The van der Waals surface area contributed by atoms with Crippen LogP contribution < -0.4 is 9.64 Å². The number of hydrogen-bond donors (Lipinski definition) is 1. The Kier molecular flexibility index (Phi) is 5.34. The van der Waals surface area contributed by atoms with Crippen molar-refractivity contribution < 1.29 is 18.6 Å². The van der Waals surface area contributed by atoms with Crippen LogP contribution in [0.25, 0.3) is 0 Å². The van der Waals surface area contributed by atoms with Gasteiger partial charge in [-0.25, -0.2) is 4.39 Å². The average molecular weight is 259 g/mol. The lowest BCUT2D eigenvalue weighted by Gasteiger charge is -2.24. The number of aliphatic hydroxyl groups excluding tert-OH is 1. The Morgan fingerprint density at radius 2 is 1.89 bits per heavy atom. The van der Waals surface area contributed by atoms with Gasteiger partial charge < -0.3 is 14.7 Å². The fourth-order valence-corrected chi connectivity index (χ4v) is 1.68. The molecule has 0 radical (unpaired) electrons. The first kappa shape index (κ1) is 14.7. The van der Waals surface area contributed by atoms with E-state index < -0.39 is 17.7 Å². The van der Waals surface area contributed by atoms with Gasteiger partial charge in [-0.05, 0) is 32.9 Å². The Hall–Kier alpha value is -1.36. The van der Waals surface area contributed by atoms with Gasteiger partial charge in [0.25, 0.3) is 0 Å². The summed E-state index contributed by atoms with van der Waals surface area (Å²) >= 11 is 0. The van der Waals surface area contributed by atoms with Crippen LogP contribution in [0.15, 0.2) is 12.1 Å². The number of hydrogen-bond acceptors (Lipinski definition) is 3. The highest BCUT2D eigenvalue weighted by molar-refractivity contribution is 5.59. The molecule has 0 bridgehead atoms. The van der Waals surface area contributed by atoms with Gasteiger partial charge in [-0.3, -0.25) is 0 Å². The molecule has 102 valence electrons. The fourth-order valence-electron chi connectivity index (χ4n) is 1.68. The standard InChI is InChI=1S/C13H19F2NO2/c1-4-16(5-2)11-7-6-10(14)12(15)13(11)18-8-9(3)17/h6-7,9,17H,4-5,8H2,1-3H3. The zero-order chi connectivity index (χ0) is 13.7. The average Bonchev–Trinajstić information content (AvgIpc) is 2.34. The first-order valence-corrected chi connectivity index (χ1v) is 6.05. The van der Waals surface area contributed by atoms with Crippen LogP contribution in [0, 0.1) is 11.6 Å². The maximum Gasteiger partial charge on any atom is 0.202 e. The lowest BCUT2D eigenvalue weighted by molar-refractivity contribution is 0.120. The van der Waals surface area contributed by atoms with Crippen LogP contribution >= 0.6 is 0 Å². The van der Waals surface area contributed by atoms with Crippen molar-refractivity contribution in [3.05, 3.63) is 23.8 Å². The Morgan fingerprint density at radius 1 is 1.28 bits per heavy atom. The van der Waals surface area contributed by atoms with E-state index in [1.165, 1.54) is 13.0 Å². The molecular formula is C13H19F2NO2. The third-order valence-electron chi connectivity index (χ3n) is 2.60. The summed E-state index contributed by atoms with van der Waals surface area (Å²) in [7, 11) is 0. The molecule has 1 aromatic carbocycles. The molecule has 0 saturated carbocycles. The zero-order valence-corrected chi connectivity index (χ0v) is 10.9. The van der Waals surface area contributed by atoms with Gasteiger partial charge in [-0.1, -0.05) is 0 Å². The van der Waals surface area contributed by atoms with Crippen molar-refractivity contribution in [2.24, 2.45) is 0 Å². The van der Waals surface area contributed by atoms with Crippen molar-refractivity contribution in [1.82, 2.24) is 0 Å². The molecule has 18 heavy (non-hydrogen) atoms. The number of ether oxygens (including phenoxy) is 1. The molecule has 0 aliphatic rings. The summed E-state index contributed by atoms with van der Waals surface area (Å²) in [5, 5.41) is 9.16. The third-order valence-corrected chi connectivity index (χ3v) is 2.60. The van der Waals surface area contributed by atoms with Gasteiger partial charge in [0.2, 0.25) is 5.82 Å². The minimum absolute atomic E-state index is 0.0748. The minimum atomic E-state index is -1.01. The van der Waals surface area contributed by atoms with Gasteiger partial charge in [0.15, 0.2) is 11.6 Å². The summed E-state index contributed by atoms with van der Waals surface area (Å²) < 4.78 is 32.1. The Labute approximate surface area is 106 Å². The van der Waals surface area contributed by atoms with E-state index in [1.807, 2.05) is 18.7 Å². The van der Waals surface area contributed by atoms with E-state index in [-0.39, 0.29) is 12.4 Å². The normalized spacial score (nSPS) is 12.3. The molecule has 0 fully saturated rings. The number of halogens is 2.